The molecule has 0 spiro atoms. The standard InChI is InChI=1S/C9H17NO2S/c1-10-6-3-2-4-9-5-7-13(11,12)8-9/h2,4,9-10H,3,5-8H2,1H3/b4-2-. The van der Waals surface area contributed by atoms with Gasteiger partial charge in [0.05, 0.1) is 11.5 Å². The molecule has 0 bridgehead atoms. The average Bonchev–Trinajstić information content (AvgIpc) is 2.40. The van der Waals surface area contributed by atoms with Gasteiger partial charge in [0, 0.05) is 0 Å². The van der Waals surface area contributed by atoms with E-state index in [1.165, 1.54) is 0 Å². The number of nitrogens with one attached hydrogen (secondary N) is 1. The van der Waals surface area contributed by atoms with Gasteiger partial charge in [-0.15, -0.1) is 0 Å². The van der Waals surface area contributed by atoms with Gasteiger partial charge in [0.25, 0.3) is 0 Å². The molecule has 0 aromatic heterocycles. The zero-order valence-corrected chi connectivity index (χ0v) is 8.81. The van der Waals surface area contributed by atoms with Crippen LogP contribution in [-0.4, -0.2) is 33.5 Å². The van der Waals surface area contributed by atoms with Crippen LogP contribution in [0.3, 0.4) is 0 Å². The molecule has 0 saturated carbocycles. The lowest BCUT2D eigenvalue weighted by Gasteiger charge is -1.98. The van der Waals surface area contributed by atoms with E-state index in [0.717, 1.165) is 19.4 Å². The van der Waals surface area contributed by atoms with Gasteiger partial charge in [-0.25, -0.2) is 8.42 Å². The first-order valence-corrected chi connectivity index (χ1v) is 6.48. The van der Waals surface area contributed by atoms with Gasteiger partial charge in [0.2, 0.25) is 0 Å². The second-order valence-electron chi connectivity index (χ2n) is 3.48. The Morgan fingerprint density at radius 3 is 2.85 bits per heavy atom. The van der Waals surface area contributed by atoms with Crippen molar-refractivity contribution in [3.8, 4) is 0 Å². The molecule has 1 fully saturated rings. The van der Waals surface area contributed by atoms with Crippen molar-refractivity contribution >= 4 is 9.84 Å². The fourth-order valence-electron chi connectivity index (χ4n) is 1.49. The summed E-state index contributed by atoms with van der Waals surface area (Å²) < 4.78 is 22.2. The Kier molecular flexibility index (Phi) is 3.93. The van der Waals surface area contributed by atoms with Crippen molar-refractivity contribution in [2.75, 3.05) is 25.1 Å². The first-order valence-electron chi connectivity index (χ1n) is 4.66. The minimum atomic E-state index is -2.71. The summed E-state index contributed by atoms with van der Waals surface area (Å²) in [6, 6.07) is 0. The van der Waals surface area contributed by atoms with Crippen LogP contribution >= 0.6 is 0 Å². The highest BCUT2D eigenvalue weighted by atomic mass is 32.2. The molecule has 0 radical (unpaired) electrons. The van der Waals surface area contributed by atoms with Crippen molar-refractivity contribution in [3.05, 3.63) is 12.2 Å². The van der Waals surface area contributed by atoms with Crippen LogP contribution in [0.5, 0.6) is 0 Å². The summed E-state index contributed by atoms with van der Waals surface area (Å²) in [4.78, 5) is 0. The Morgan fingerprint density at radius 1 is 1.54 bits per heavy atom. The summed E-state index contributed by atoms with van der Waals surface area (Å²) in [6.45, 7) is 0.954. The molecule has 3 nitrogen and oxygen atoms in total. The van der Waals surface area contributed by atoms with E-state index < -0.39 is 9.84 Å². The van der Waals surface area contributed by atoms with E-state index >= 15 is 0 Å². The number of rotatable bonds is 4. The maximum Gasteiger partial charge on any atom is 0.150 e. The van der Waals surface area contributed by atoms with Gasteiger partial charge in [-0.3, -0.25) is 0 Å². The van der Waals surface area contributed by atoms with E-state index in [0.29, 0.717) is 11.5 Å². The van der Waals surface area contributed by atoms with Crippen molar-refractivity contribution in [2.45, 2.75) is 12.8 Å². The predicted molar refractivity (Wildman–Crippen MR) is 54.4 cm³/mol. The van der Waals surface area contributed by atoms with E-state index in [-0.39, 0.29) is 5.92 Å². The zero-order chi connectivity index (χ0) is 9.73. The smallest absolute Gasteiger partial charge is 0.150 e. The number of allylic oxidation sites excluding steroid dienone is 1. The highest BCUT2D eigenvalue weighted by Gasteiger charge is 2.25. The van der Waals surface area contributed by atoms with Crippen LogP contribution in [0.15, 0.2) is 12.2 Å². The minimum absolute atomic E-state index is 0.266. The van der Waals surface area contributed by atoms with Crippen molar-refractivity contribution in [1.29, 1.82) is 0 Å². The average molecular weight is 203 g/mol. The summed E-state index contributed by atoms with van der Waals surface area (Å²) in [5.74, 6) is 0.985. The fourth-order valence-corrected chi connectivity index (χ4v) is 3.25. The maximum absolute atomic E-state index is 11.1. The topological polar surface area (TPSA) is 46.2 Å². The Hall–Kier alpha value is -0.350. The lowest BCUT2D eigenvalue weighted by molar-refractivity contribution is 0.601. The van der Waals surface area contributed by atoms with E-state index in [9.17, 15) is 8.42 Å². The normalized spacial score (nSPS) is 27.0. The first-order chi connectivity index (χ1) is 6.14. The number of hydrogen-bond donors (Lipinski definition) is 1. The molecular formula is C9H17NO2S. The first kappa shape index (κ1) is 10.7. The highest BCUT2D eigenvalue weighted by Crippen LogP contribution is 2.19. The summed E-state index contributed by atoms with van der Waals surface area (Å²) in [7, 11) is -0.794. The fraction of sp³-hybridized carbons (Fsp3) is 0.778. The molecule has 1 atom stereocenters. The Balaban J connectivity index is 2.28. The molecule has 1 aliphatic rings. The Morgan fingerprint density at radius 2 is 2.31 bits per heavy atom. The highest BCUT2D eigenvalue weighted by molar-refractivity contribution is 7.91. The third-order valence-electron chi connectivity index (χ3n) is 2.24. The SMILES string of the molecule is CNCC/C=C\C1CCS(=O)(=O)C1. The van der Waals surface area contributed by atoms with Gasteiger partial charge >= 0.3 is 0 Å². The monoisotopic (exact) mass is 203 g/mol. The molecule has 0 aliphatic carbocycles. The minimum Gasteiger partial charge on any atom is -0.319 e. The van der Waals surface area contributed by atoms with Crippen LogP contribution in [0.1, 0.15) is 12.8 Å². The van der Waals surface area contributed by atoms with E-state index in [1.54, 1.807) is 0 Å². The van der Waals surface area contributed by atoms with Crippen LogP contribution in [0, 0.1) is 5.92 Å². The summed E-state index contributed by atoms with van der Waals surface area (Å²) in [5, 5.41) is 3.04. The lowest BCUT2D eigenvalue weighted by Crippen LogP contribution is -2.06. The zero-order valence-electron chi connectivity index (χ0n) is 7.99. The number of hydrogen-bond acceptors (Lipinski definition) is 3. The summed E-state index contributed by atoms with van der Waals surface area (Å²) in [6.07, 6.45) is 5.90. The molecule has 0 amide bonds. The Labute approximate surface area is 80.1 Å². The van der Waals surface area contributed by atoms with Crippen molar-refractivity contribution in [3.63, 3.8) is 0 Å². The second kappa shape index (κ2) is 4.77. The third kappa shape index (κ3) is 3.91. The van der Waals surface area contributed by atoms with Crippen molar-refractivity contribution < 1.29 is 8.42 Å². The van der Waals surface area contributed by atoms with Crippen LogP contribution in [-0.2, 0) is 9.84 Å². The molecule has 1 unspecified atom stereocenters. The van der Waals surface area contributed by atoms with E-state index in [1.807, 2.05) is 13.1 Å². The van der Waals surface area contributed by atoms with Crippen LogP contribution < -0.4 is 5.32 Å². The van der Waals surface area contributed by atoms with Gasteiger partial charge in [-0.05, 0) is 32.4 Å². The van der Waals surface area contributed by atoms with Crippen LogP contribution in [0.2, 0.25) is 0 Å². The largest absolute Gasteiger partial charge is 0.319 e. The Bertz CT molecular complexity index is 269. The molecule has 76 valence electrons. The molecule has 13 heavy (non-hydrogen) atoms. The van der Waals surface area contributed by atoms with Gasteiger partial charge in [-0.2, -0.15) is 0 Å². The maximum atomic E-state index is 11.1. The summed E-state index contributed by atoms with van der Waals surface area (Å²) >= 11 is 0. The molecular weight excluding hydrogens is 186 g/mol. The van der Waals surface area contributed by atoms with Gasteiger partial charge in [0.1, 0.15) is 0 Å². The molecule has 0 aromatic carbocycles. The molecule has 1 aliphatic heterocycles. The lowest BCUT2D eigenvalue weighted by atomic mass is 10.1. The van der Waals surface area contributed by atoms with E-state index in [2.05, 4.69) is 11.4 Å². The second-order valence-corrected chi connectivity index (χ2v) is 5.71. The molecule has 1 heterocycles. The van der Waals surface area contributed by atoms with Crippen LogP contribution in [0.4, 0.5) is 0 Å². The van der Waals surface area contributed by atoms with Gasteiger partial charge < -0.3 is 5.32 Å². The van der Waals surface area contributed by atoms with Gasteiger partial charge in [0.15, 0.2) is 9.84 Å². The van der Waals surface area contributed by atoms with Crippen LogP contribution in [0.25, 0.3) is 0 Å². The van der Waals surface area contributed by atoms with Gasteiger partial charge in [-0.1, -0.05) is 12.2 Å². The van der Waals surface area contributed by atoms with E-state index in [4.69, 9.17) is 0 Å². The quantitative estimate of drug-likeness (QED) is 0.537. The summed E-state index contributed by atoms with van der Waals surface area (Å²) in [5.41, 5.74) is 0. The molecule has 1 saturated heterocycles. The molecule has 0 aromatic rings. The number of sulfone groups is 1. The predicted octanol–water partition coefficient (Wildman–Crippen LogP) is 0.587. The molecule has 1 rings (SSSR count). The van der Waals surface area contributed by atoms with Crippen molar-refractivity contribution in [2.24, 2.45) is 5.92 Å². The third-order valence-corrected chi connectivity index (χ3v) is 4.03. The molecule has 4 heteroatoms. The molecule has 1 N–H and O–H groups in total. The van der Waals surface area contributed by atoms with Crippen molar-refractivity contribution in [1.82, 2.24) is 5.32 Å².